The van der Waals surface area contributed by atoms with Crippen molar-refractivity contribution in [1.82, 2.24) is 10.2 Å². The van der Waals surface area contributed by atoms with E-state index < -0.39 is 25.1 Å². The molecule has 2 unspecified atom stereocenters. The second kappa shape index (κ2) is 4.58. The number of hydrogen-bond donors (Lipinski definition) is 1. The maximum absolute atomic E-state index is 12.4. The summed E-state index contributed by atoms with van der Waals surface area (Å²) in [6, 6.07) is -1.05. The van der Waals surface area contributed by atoms with Gasteiger partial charge in [-0.25, -0.2) is 8.78 Å². The van der Waals surface area contributed by atoms with Crippen LogP contribution in [0.3, 0.4) is 0 Å². The number of alkyl halides is 2. The normalized spacial score (nSPS) is 30.5. The fourth-order valence-electron chi connectivity index (χ4n) is 2.24. The molecule has 0 aromatic rings. The van der Waals surface area contributed by atoms with E-state index in [1.54, 1.807) is 6.92 Å². The van der Waals surface area contributed by atoms with E-state index in [9.17, 15) is 18.4 Å². The predicted octanol–water partition coefficient (Wildman–Crippen LogP) is 0.767. The van der Waals surface area contributed by atoms with Crippen molar-refractivity contribution in [2.24, 2.45) is 5.92 Å². The van der Waals surface area contributed by atoms with Gasteiger partial charge in [-0.05, 0) is 25.7 Å². The Labute approximate surface area is 98.3 Å². The van der Waals surface area contributed by atoms with Gasteiger partial charge in [-0.2, -0.15) is 0 Å². The lowest BCUT2D eigenvalue weighted by Crippen LogP contribution is -2.49. The van der Waals surface area contributed by atoms with Crippen LogP contribution in [0, 0.1) is 5.92 Å². The Morgan fingerprint density at radius 2 is 2.06 bits per heavy atom. The molecule has 1 N–H and O–H groups in total. The van der Waals surface area contributed by atoms with Crippen LogP contribution in [0.4, 0.5) is 8.78 Å². The summed E-state index contributed by atoms with van der Waals surface area (Å²) in [4.78, 5) is 24.8. The van der Waals surface area contributed by atoms with Gasteiger partial charge in [0.05, 0.1) is 6.54 Å². The molecule has 4 nitrogen and oxygen atoms in total. The van der Waals surface area contributed by atoms with Gasteiger partial charge >= 0.3 is 0 Å². The van der Waals surface area contributed by atoms with E-state index in [1.807, 2.05) is 0 Å². The van der Waals surface area contributed by atoms with Crippen LogP contribution in [0.2, 0.25) is 0 Å². The number of nitrogens with one attached hydrogen (secondary N) is 1. The number of halogens is 2. The highest BCUT2D eigenvalue weighted by Crippen LogP contribution is 2.34. The molecular weight excluding hydrogens is 230 g/mol. The lowest BCUT2D eigenvalue weighted by molar-refractivity contribution is -0.137. The maximum Gasteiger partial charge on any atom is 0.255 e. The maximum atomic E-state index is 12.4. The van der Waals surface area contributed by atoms with Gasteiger partial charge in [-0.1, -0.05) is 0 Å². The predicted molar refractivity (Wildman–Crippen MR) is 56.5 cm³/mol. The lowest BCUT2D eigenvalue weighted by Gasteiger charge is -2.28. The zero-order valence-electron chi connectivity index (χ0n) is 9.66. The van der Waals surface area contributed by atoms with Crippen molar-refractivity contribution in [3.63, 3.8) is 0 Å². The molecule has 17 heavy (non-hydrogen) atoms. The molecule has 2 amide bonds. The third kappa shape index (κ3) is 2.73. The summed E-state index contributed by atoms with van der Waals surface area (Å²) < 4.78 is 24.9. The first-order chi connectivity index (χ1) is 7.99. The van der Waals surface area contributed by atoms with Crippen molar-refractivity contribution in [1.29, 1.82) is 0 Å². The Kier molecular flexibility index (Phi) is 3.31. The Morgan fingerprint density at radius 3 is 2.59 bits per heavy atom. The van der Waals surface area contributed by atoms with Crippen LogP contribution in [0.15, 0.2) is 0 Å². The smallest absolute Gasteiger partial charge is 0.255 e. The minimum absolute atomic E-state index is 0.0989. The SMILES string of the molecule is CC1CC(=O)NC(C2CC2)C(=O)N1CC(F)F. The van der Waals surface area contributed by atoms with Gasteiger partial charge in [-0.15, -0.1) is 0 Å². The molecule has 2 rings (SSSR count). The zero-order valence-corrected chi connectivity index (χ0v) is 9.66. The number of hydrogen-bond acceptors (Lipinski definition) is 2. The van der Waals surface area contributed by atoms with Crippen LogP contribution in [0.25, 0.3) is 0 Å². The highest BCUT2D eigenvalue weighted by atomic mass is 19.3. The quantitative estimate of drug-likeness (QED) is 0.799. The summed E-state index contributed by atoms with van der Waals surface area (Å²) in [5, 5.41) is 2.65. The molecular formula is C11H16F2N2O2. The summed E-state index contributed by atoms with van der Waals surface area (Å²) >= 11 is 0. The number of carbonyl (C=O) groups excluding carboxylic acids is 2. The van der Waals surface area contributed by atoms with E-state index in [1.165, 1.54) is 0 Å². The number of carbonyl (C=O) groups is 2. The molecule has 0 spiro atoms. The van der Waals surface area contributed by atoms with E-state index in [-0.39, 0.29) is 24.2 Å². The average molecular weight is 246 g/mol. The van der Waals surface area contributed by atoms with Crippen molar-refractivity contribution in [3.8, 4) is 0 Å². The Morgan fingerprint density at radius 1 is 1.41 bits per heavy atom. The minimum atomic E-state index is -2.56. The second-order valence-corrected chi connectivity index (χ2v) is 4.82. The molecule has 0 radical (unpaired) electrons. The van der Waals surface area contributed by atoms with Gasteiger partial charge in [0.1, 0.15) is 6.04 Å². The van der Waals surface area contributed by atoms with Gasteiger partial charge in [0.25, 0.3) is 6.43 Å². The third-order valence-electron chi connectivity index (χ3n) is 3.31. The molecule has 2 fully saturated rings. The highest BCUT2D eigenvalue weighted by Gasteiger charge is 2.43. The molecule has 1 aliphatic heterocycles. The van der Waals surface area contributed by atoms with Gasteiger partial charge in [0.2, 0.25) is 11.8 Å². The van der Waals surface area contributed by atoms with Crippen molar-refractivity contribution in [2.75, 3.05) is 6.54 Å². The van der Waals surface area contributed by atoms with Gasteiger partial charge in [-0.3, -0.25) is 9.59 Å². The molecule has 1 aliphatic carbocycles. The van der Waals surface area contributed by atoms with Crippen LogP contribution >= 0.6 is 0 Å². The zero-order chi connectivity index (χ0) is 12.6. The molecule has 0 aromatic heterocycles. The molecule has 0 aromatic carbocycles. The van der Waals surface area contributed by atoms with Crippen molar-refractivity contribution < 1.29 is 18.4 Å². The van der Waals surface area contributed by atoms with Crippen LogP contribution < -0.4 is 5.32 Å². The van der Waals surface area contributed by atoms with Crippen molar-refractivity contribution >= 4 is 11.8 Å². The summed E-state index contributed by atoms with van der Waals surface area (Å²) in [6.07, 6.45) is -0.697. The molecule has 2 aliphatic rings. The Hall–Kier alpha value is -1.20. The van der Waals surface area contributed by atoms with E-state index in [0.29, 0.717) is 0 Å². The first-order valence-corrected chi connectivity index (χ1v) is 5.87. The van der Waals surface area contributed by atoms with Crippen LogP contribution in [0.5, 0.6) is 0 Å². The lowest BCUT2D eigenvalue weighted by atomic mass is 10.1. The minimum Gasteiger partial charge on any atom is -0.344 e. The first-order valence-electron chi connectivity index (χ1n) is 5.87. The molecule has 6 heteroatoms. The monoisotopic (exact) mass is 246 g/mol. The molecule has 2 atom stereocenters. The van der Waals surface area contributed by atoms with Gasteiger partial charge in [0, 0.05) is 12.5 Å². The van der Waals surface area contributed by atoms with E-state index >= 15 is 0 Å². The summed E-state index contributed by atoms with van der Waals surface area (Å²) in [6.45, 7) is 1.05. The number of rotatable bonds is 3. The summed E-state index contributed by atoms with van der Waals surface area (Å²) in [5.74, 6) is -0.442. The topological polar surface area (TPSA) is 49.4 Å². The Bertz CT molecular complexity index is 331. The van der Waals surface area contributed by atoms with E-state index in [0.717, 1.165) is 17.7 Å². The summed E-state index contributed by atoms with van der Waals surface area (Å²) in [5.41, 5.74) is 0. The van der Waals surface area contributed by atoms with Gasteiger partial charge in [0.15, 0.2) is 0 Å². The molecule has 1 saturated heterocycles. The first kappa shape index (κ1) is 12.3. The van der Waals surface area contributed by atoms with Gasteiger partial charge < -0.3 is 10.2 Å². The van der Waals surface area contributed by atoms with E-state index in [2.05, 4.69) is 5.32 Å². The fourth-order valence-corrected chi connectivity index (χ4v) is 2.24. The van der Waals surface area contributed by atoms with Crippen molar-refractivity contribution in [3.05, 3.63) is 0 Å². The third-order valence-corrected chi connectivity index (χ3v) is 3.31. The molecule has 1 saturated carbocycles. The standard InChI is InChI=1S/C11H16F2N2O2/c1-6-4-9(16)14-10(7-2-3-7)11(17)15(6)5-8(12)13/h6-8,10H,2-5H2,1H3,(H,14,16). The second-order valence-electron chi connectivity index (χ2n) is 4.82. The van der Waals surface area contributed by atoms with E-state index in [4.69, 9.17) is 0 Å². The summed E-state index contributed by atoms with van der Waals surface area (Å²) in [7, 11) is 0. The van der Waals surface area contributed by atoms with Crippen LogP contribution in [-0.2, 0) is 9.59 Å². The fraction of sp³-hybridized carbons (Fsp3) is 0.818. The van der Waals surface area contributed by atoms with Crippen LogP contribution in [-0.4, -0.2) is 41.8 Å². The van der Waals surface area contributed by atoms with Crippen molar-refractivity contribution in [2.45, 2.75) is 44.7 Å². The molecule has 0 bridgehead atoms. The highest BCUT2D eigenvalue weighted by molar-refractivity contribution is 5.91. The van der Waals surface area contributed by atoms with Crippen LogP contribution in [0.1, 0.15) is 26.2 Å². The largest absolute Gasteiger partial charge is 0.344 e. The molecule has 1 heterocycles. The number of amides is 2. The Balaban J connectivity index is 2.15. The molecule has 96 valence electrons. The average Bonchev–Trinajstić information content (AvgIpc) is 3.03. The number of nitrogens with zero attached hydrogens (tertiary/aromatic N) is 1.